The van der Waals surface area contributed by atoms with Gasteiger partial charge in [-0.1, -0.05) is 23.7 Å². The molecule has 4 heteroatoms. The number of halogens is 1. The molecular weight excluding hydrogens is 248 g/mol. The van der Waals surface area contributed by atoms with E-state index in [1.165, 1.54) is 0 Å². The lowest BCUT2D eigenvalue weighted by atomic mass is 10.1. The molecule has 1 amide bonds. The fourth-order valence-electron chi connectivity index (χ4n) is 1.67. The molecule has 3 N–H and O–H groups in total. The quantitative estimate of drug-likeness (QED) is 0.812. The first-order chi connectivity index (χ1) is 8.56. The lowest BCUT2D eigenvalue weighted by Gasteiger charge is -2.08. The number of hydrogen-bond acceptors (Lipinski definition) is 2. The molecule has 3 nitrogen and oxygen atoms in total. The number of para-hydroxylation sites is 2. The van der Waals surface area contributed by atoms with Crippen LogP contribution in [0.15, 0.2) is 42.5 Å². The van der Waals surface area contributed by atoms with Crippen LogP contribution in [0.3, 0.4) is 0 Å². The van der Waals surface area contributed by atoms with E-state index in [2.05, 4.69) is 5.32 Å². The minimum absolute atomic E-state index is 0.224. The number of rotatable bonds is 2. The van der Waals surface area contributed by atoms with E-state index in [-0.39, 0.29) is 5.91 Å². The van der Waals surface area contributed by atoms with Gasteiger partial charge in [-0.3, -0.25) is 4.79 Å². The number of nitrogen functional groups attached to an aromatic ring is 1. The lowest BCUT2D eigenvalue weighted by molar-refractivity contribution is 0.102. The van der Waals surface area contributed by atoms with E-state index in [1.807, 2.05) is 19.1 Å². The fourth-order valence-corrected chi connectivity index (χ4v) is 1.96. The molecule has 0 spiro atoms. The molecular formula is C14H13ClN2O. The number of nitrogens with one attached hydrogen (secondary N) is 1. The van der Waals surface area contributed by atoms with Crippen LogP contribution in [-0.4, -0.2) is 5.91 Å². The summed E-state index contributed by atoms with van der Waals surface area (Å²) in [7, 11) is 0. The maximum atomic E-state index is 12.0. The molecule has 0 unspecified atom stereocenters. The number of hydrogen-bond donors (Lipinski definition) is 2. The van der Waals surface area contributed by atoms with Crippen LogP contribution in [0.2, 0.25) is 5.02 Å². The maximum absolute atomic E-state index is 12.0. The second kappa shape index (κ2) is 5.10. The summed E-state index contributed by atoms with van der Waals surface area (Å²) in [5.41, 5.74) is 8.35. The van der Waals surface area contributed by atoms with Gasteiger partial charge in [0.25, 0.3) is 5.91 Å². The van der Waals surface area contributed by atoms with Gasteiger partial charge in [-0.25, -0.2) is 0 Å². The van der Waals surface area contributed by atoms with Crippen LogP contribution in [0.25, 0.3) is 0 Å². The molecule has 0 bridgehead atoms. The summed E-state index contributed by atoms with van der Waals surface area (Å²) in [4.78, 5) is 12.0. The maximum Gasteiger partial charge on any atom is 0.255 e. The van der Waals surface area contributed by atoms with Crippen molar-refractivity contribution in [1.82, 2.24) is 0 Å². The third-order valence-electron chi connectivity index (χ3n) is 2.51. The molecule has 0 aliphatic heterocycles. The van der Waals surface area contributed by atoms with Crippen molar-refractivity contribution in [3.63, 3.8) is 0 Å². The zero-order valence-electron chi connectivity index (χ0n) is 9.91. The Morgan fingerprint density at radius 1 is 1.22 bits per heavy atom. The molecule has 2 aromatic carbocycles. The van der Waals surface area contributed by atoms with Gasteiger partial charge in [-0.15, -0.1) is 0 Å². The van der Waals surface area contributed by atoms with Crippen LogP contribution in [0, 0.1) is 6.92 Å². The van der Waals surface area contributed by atoms with Gasteiger partial charge in [-0.2, -0.15) is 0 Å². The molecule has 0 aliphatic carbocycles. The zero-order chi connectivity index (χ0) is 13.1. The number of anilines is 2. The predicted molar refractivity (Wildman–Crippen MR) is 75.0 cm³/mol. The Hall–Kier alpha value is -2.00. The Bertz CT molecular complexity index is 576. The molecule has 0 aliphatic rings. The molecule has 18 heavy (non-hydrogen) atoms. The van der Waals surface area contributed by atoms with Crippen LogP contribution in [0.1, 0.15) is 15.9 Å². The molecule has 0 saturated heterocycles. The number of aryl methyl sites for hydroxylation is 1. The highest BCUT2D eigenvalue weighted by Crippen LogP contribution is 2.19. The van der Waals surface area contributed by atoms with E-state index in [0.717, 1.165) is 5.56 Å². The highest BCUT2D eigenvalue weighted by atomic mass is 35.5. The van der Waals surface area contributed by atoms with E-state index in [1.54, 1.807) is 30.3 Å². The Morgan fingerprint density at radius 2 is 1.94 bits per heavy atom. The molecule has 0 aromatic heterocycles. The van der Waals surface area contributed by atoms with Crippen molar-refractivity contribution >= 4 is 28.9 Å². The third kappa shape index (κ3) is 2.81. The highest BCUT2D eigenvalue weighted by Gasteiger charge is 2.08. The highest BCUT2D eigenvalue weighted by molar-refractivity contribution is 6.31. The summed E-state index contributed by atoms with van der Waals surface area (Å²) in [5, 5.41) is 3.30. The summed E-state index contributed by atoms with van der Waals surface area (Å²) in [6.45, 7) is 1.89. The molecule has 0 heterocycles. The molecule has 0 saturated carbocycles. The van der Waals surface area contributed by atoms with Crippen molar-refractivity contribution < 1.29 is 4.79 Å². The summed E-state index contributed by atoms with van der Waals surface area (Å²) in [5.74, 6) is -0.224. The van der Waals surface area contributed by atoms with Crippen LogP contribution in [0.4, 0.5) is 11.4 Å². The van der Waals surface area contributed by atoms with Crippen LogP contribution in [0.5, 0.6) is 0 Å². The first kappa shape index (κ1) is 12.5. The smallest absolute Gasteiger partial charge is 0.255 e. The van der Waals surface area contributed by atoms with Crippen molar-refractivity contribution in [3.05, 3.63) is 58.6 Å². The average molecular weight is 261 g/mol. The lowest BCUT2D eigenvalue weighted by Crippen LogP contribution is -2.13. The van der Waals surface area contributed by atoms with Crippen LogP contribution >= 0.6 is 11.6 Å². The molecule has 0 fully saturated rings. The van der Waals surface area contributed by atoms with Crippen molar-refractivity contribution in [1.29, 1.82) is 0 Å². The summed E-state index contributed by atoms with van der Waals surface area (Å²) >= 11 is 5.92. The van der Waals surface area contributed by atoms with Crippen LogP contribution < -0.4 is 11.1 Å². The van der Waals surface area contributed by atoms with Gasteiger partial charge in [0.05, 0.1) is 11.4 Å². The first-order valence-electron chi connectivity index (χ1n) is 5.49. The number of amides is 1. The fraction of sp³-hybridized carbons (Fsp3) is 0.0714. The van der Waals surface area contributed by atoms with E-state index < -0.39 is 0 Å². The van der Waals surface area contributed by atoms with Crippen molar-refractivity contribution in [2.45, 2.75) is 6.92 Å². The number of carbonyl (C=O) groups is 1. The van der Waals surface area contributed by atoms with Gasteiger partial charge >= 0.3 is 0 Å². The van der Waals surface area contributed by atoms with Gasteiger partial charge in [0.2, 0.25) is 0 Å². The average Bonchev–Trinajstić information content (AvgIpc) is 2.31. The Labute approximate surface area is 111 Å². The monoisotopic (exact) mass is 260 g/mol. The van der Waals surface area contributed by atoms with E-state index in [9.17, 15) is 4.79 Å². The Kier molecular flexibility index (Phi) is 3.53. The number of benzene rings is 2. The van der Waals surface area contributed by atoms with E-state index in [0.29, 0.717) is 22.0 Å². The van der Waals surface area contributed by atoms with Crippen molar-refractivity contribution in [2.75, 3.05) is 11.1 Å². The van der Waals surface area contributed by atoms with Gasteiger partial charge in [0, 0.05) is 10.6 Å². The SMILES string of the molecule is Cc1cc(Cl)cc(C(=O)Nc2ccccc2N)c1. The minimum Gasteiger partial charge on any atom is -0.397 e. The normalized spacial score (nSPS) is 10.1. The molecule has 92 valence electrons. The minimum atomic E-state index is -0.224. The summed E-state index contributed by atoms with van der Waals surface area (Å²) in [6.07, 6.45) is 0. The van der Waals surface area contributed by atoms with Crippen molar-refractivity contribution in [2.24, 2.45) is 0 Å². The second-order valence-corrected chi connectivity index (χ2v) is 4.50. The standard InChI is InChI=1S/C14H13ClN2O/c1-9-6-10(8-11(15)7-9)14(18)17-13-5-3-2-4-12(13)16/h2-8H,16H2,1H3,(H,17,18). The first-order valence-corrected chi connectivity index (χ1v) is 5.87. The Balaban J connectivity index is 2.25. The zero-order valence-corrected chi connectivity index (χ0v) is 10.7. The van der Waals surface area contributed by atoms with Gasteiger partial charge < -0.3 is 11.1 Å². The predicted octanol–water partition coefficient (Wildman–Crippen LogP) is 3.48. The van der Waals surface area contributed by atoms with E-state index in [4.69, 9.17) is 17.3 Å². The second-order valence-electron chi connectivity index (χ2n) is 4.06. The summed E-state index contributed by atoms with van der Waals surface area (Å²) < 4.78 is 0. The van der Waals surface area contributed by atoms with Gasteiger partial charge in [-0.05, 0) is 42.8 Å². The van der Waals surface area contributed by atoms with Crippen LogP contribution in [-0.2, 0) is 0 Å². The van der Waals surface area contributed by atoms with Gasteiger partial charge in [0.1, 0.15) is 0 Å². The summed E-state index contributed by atoms with van der Waals surface area (Å²) in [6, 6.07) is 12.3. The molecule has 2 aromatic rings. The largest absolute Gasteiger partial charge is 0.397 e. The molecule has 0 radical (unpaired) electrons. The Morgan fingerprint density at radius 3 is 2.61 bits per heavy atom. The third-order valence-corrected chi connectivity index (χ3v) is 2.73. The molecule has 0 atom stereocenters. The number of carbonyl (C=O) groups excluding carboxylic acids is 1. The molecule has 2 rings (SSSR count). The number of nitrogens with two attached hydrogens (primary N) is 1. The van der Waals surface area contributed by atoms with Gasteiger partial charge in [0.15, 0.2) is 0 Å². The topological polar surface area (TPSA) is 55.1 Å². The van der Waals surface area contributed by atoms with E-state index >= 15 is 0 Å². The van der Waals surface area contributed by atoms with Crippen molar-refractivity contribution in [3.8, 4) is 0 Å².